The normalized spacial score (nSPS) is 18.3. The molecule has 8 nitrogen and oxygen atoms in total. The van der Waals surface area contributed by atoms with Crippen LogP contribution >= 0.6 is 22.9 Å². The number of hydrogen-bond acceptors (Lipinski definition) is 8. The molecule has 5 rings (SSSR count). The van der Waals surface area contributed by atoms with E-state index in [2.05, 4.69) is 14.8 Å². The SMILES string of the molecule is CC(C)(C)OCC1CN(S(=O)(=O)c2ccc3nc(N4CCN(c5ccncc5Cl)CC4)sc3c2)C1. The number of fused-ring (bicyclic) bond motifs is 1. The molecule has 11 heteroatoms. The van der Waals surface area contributed by atoms with E-state index in [0.717, 1.165) is 47.2 Å². The van der Waals surface area contributed by atoms with Gasteiger partial charge in [0.25, 0.3) is 0 Å². The van der Waals surface area contributed by atoms with Crippen molar-refractivity contribution in [2.75, 3.05) is 55.7 Å². The molecule has 4 heterocycles. The summed E-state index contributed by atoms with van der Waals surface area (Å²) in [7, 11) is -3.52. The fourth-order valence-corrected chi connectivity index (χ4v) is 7.28. The van der Waals surface area contributed by atoms with Crippen LogP contribution in [0.2, 0.25) is 5.02 Å². The first-order valence-electron chi connectivity index (χ1n) is 11.7. The van der Waals surface area contributed by atoms with Crippen molar-refractivity contribution in [1.29, 1.82) is 0 Å². The monoisotopic (exact) mass is 535 g/mol. The zero-order valence-electron chi connectivity index (χ0n) is 20.1. The summed E-state index contributed by atoms with van der Waals surface area (Å²) >= 11 is 7.85. The average molecular weight is 536 g/mol. The lowest BCUT2D eigenvalue weighted by Gasteiger charge is -2.39. The van der Waals surface area contributed by atoms with Crippen LogP contribution in [-0.4, -0.2) is 74.2 Å². The van der Waals surface area contributed by atoms with Gasteiger partial charge in [0.15, 0.2) is 5.13 Å². The van der Waals surface area contributed by atoms with E-state index in [1.54, 1.807) is 35.9 Å². The highest BCUT2D eigenvalue weighted by Gasteiger charge is 2.37. The summed E-state index contributed by atoms with van der Waals surface area (Å²) in [5, 5.41) is 1.57. The van der Waals surface area contributed by atoms with Gasteiger partial charge in [-0.05, 0) is 45.0 Å². The van der Waals surface area contributed by atoms with Gasteiger partial charge in [0, 0.05) is 57.6 Å². The van der Waals surface area contributed by atoms with Crippen LogP contribution in [0, 0.1) is 5.92 Å². The summed E-state index contributed by atoms with van der Waals surface area (Å²) in [4.78, 5) is 13.7. The Labute approximate surface area is 215 Å². The minimum absolute atomic E-state index is 0.215. The first-order chi connectivity index (χ1) is 16.6. The predicted molar refractivity (Wildman–Crippen MR) is 141 cm³/mol. The molecule has 0 unspecified atom stereocenters. The standard InChI is InChI=1S/C24H30ClN5O3S2/c1-24(2,3)33-16-17-14-30(15-17)35(31,32)18-4-5-20-22(12-18)34-23(27-20)29-10-8-28(9-11-29)21-6-7-26-13-19(21)25/h4-7,12-13,17H,8-11,14-16H2,1-3H3. The molecule has 0 N–H and O–H groups in total. The topological polar surface area (TPSA) is 78.9 Å². The number of nitrogens with zero attached hydrogens (tertiary/aromatic N) is 5. The van der Waals surface area contributed by atoms with Gasteiger partial charge in [-0.3, -0.25) is 4.98 Å². The minimum atomic E-state index is -3.52. The van der Waals surface area contributed by atoms with E-state index in [1.807, 2.05) is 32.9 Å². The van der Waals surface area contributed by atoms with E-state index in [0.29, 0.717) is 29.6 Å². The van der Waals surface area contributed by atoms with E-state index < -0.39 is 10.0 Å². The average Bonchev–Trinajstić information content (AvgIpc) is 3.21. The van der Waals surface area contributed by atoms with Crippen LogP contribution in [0.5, 0.6) is 0 Å². The number of anilines is 2. The first-order valence-corrected chi connectivity index (χ1v) is 14.4. The van der Waals surface area contributed by atoms with Crippen molar-refractivity contribution in [3.05, 3.63) is 41.7 Å². The molecule has 0 radical (unpaired) electrons. The number of pyridine rings is 1. The van der Waals surface area contributed by atoms with Crippen LogP contribution in [0.15, 0.2) is 41.6 Å². The Balaban J connectivity index is 1.24. The second-order valence-electron chi connectivity index (χ2n) is 10.0. The van der Waals surface area contributed by atoms with E-state index >= 15 is 0 Å². The summed E-state index contributed by atoms with van der Waals surface area (Å²) < 4.78 is 34.5. The summed E-state index contributed by atoms with van der Waals surface area (Å²) in [6.45, 7) is 10.9. The van der Waals surface area contributed by atoms with Crippen molar-refractivity contribution in [1.82, 2.24) is 14.3 Å². The van der Waals surface area contributed by atoms with Crippen molar-refractivity contribution in [2.45, 2.75) is 31.3 Å². The maximum Gasteiger partial charge on any atom is 0.243 e. The maximum atomic E-state index is 13.1. The van der Waals surface area contributed by atoms with Gasteiger partial charge in [-0.15, -0.1) is 0 Å². The molecule has 2 fully saturated rings. The molecule has 0 aliphatic carbocycles. The second kappa shape index (κ2) is 9.48. The molecule has 0 saturated carbocycles. The molecule has 35 heavy (non-hydrogen) atoms. The van der Waals surface area contributed by atoms with Crippen LogP contribution in [0.3, 0.4) is 0 Å². The quantitative estimate of drug-likeness (QED) is 0.470. The number of piperazine rings is 1. The van der Waals surface area contributed by atoms with Gasteiger partial charge >= 0.3 is 0 Å². The number of ether oxygens (including phenoxy) is 1. The van der Waals surface area contributed by atoms with E-state index in [4.69, 9.17) is 21.3 Å². The molecule has 0 atom stereocenters. The molecule has 2 aliphatic rings. The lowest BCUT2D eigenvalue weighted by Crippen LogP contribution is -2.52. The van der Waals surface area contributed by atoms with Crippen molar-refractivity contribution < 1.29 is 13.2 Å². The Kier molecular flexibility index (Phi) is 6.69. The molecule has 0 bridgehead atoms. The van der Waals surface area contributed by atoms with Crippen LogP contribution in [0.1, 0.15) is 20.8 Å². The fraction of sp³-hybridized carbons (Fsp3) is 0.500. The molecular formula is C24H30ClN5O3S2. The zero-order chi connectivity index (χ0) is 24.8. The van der Waals surface area contributed by atoms with Crippen LogP contribution in [0.25, 0.3) is 10.2 Å². The third-order valence-electron chi connectivity index (χ3n) is 6.30. The Morgan fingerprint density at radius 1 is 1.11 bits per heavy atom. The Hall–Kier alpha value is -1.98. The zero-order valence-corrected chi connectivity index (χ0v) is 22.5. The highest BCUT2D eigenvalue weighted by atomic mass is 35.5. The van der Waals surface area contributed by atoms with Crippen LogP contribution in [0.4, 0.5) is 10.8 Å². The lowest BCUT2D eigenvalue weighted by molar-refractivity contribution is -0.0419. The molecular weight excluding hydrogens is 506 g/mol. The number of aromatic nitrogens is 2. The molecule has 2 aromatic heterocycles. The molecule has 2 aliphatic heterocycles. The molecule has 0 spiro atoms. The maximum absolute atomic E-state index is 13.1. The fourth-order valence-electron chi connectivity index (χ4n) is 4.29. The summed E-state index contributed by atoms with van der Waals surface area (Å²) in [5.74, 6) is 0.239. The molecule has 2 saturated heterocycles. The van der Waals surface area contributed by atoms with Gasteiger partial charge in [0.05, 0.1) is 38.0 Å². The molecule has 188 valence electrons. The van der Waals surface area contributed by atoms with Crippen LogP contribution < -0.4 is 9.80 Å². The molecule has 3 aromatic rings. The number of thiazole rings is 1. The minimum Gasteiger partial charge on any atom is -0.375 e. The van der Waals surface area contributed by atoms with Crippen molar-refractivity contribution >= 4 is 54.0 Å². The van der Waals surface area contributed by atoms with Gasteiger partial charge in [0.2, 0.25) is 10.0 Å². The Bertz CT molecular complexity index is 1310. The van der Waals surface area contributed by atoms with E-state index in [9.17, 15) is 8.42 Å². The highest BCUT2D eigenvalue weighted by molar-refractivity contribution is 7.89. The Morgan fingerprint density at radius 2 is 1.83 bits per heavy atom. The predicted octanol–water partition coefficient (Wildman–Crippen LogP) is 4.11. The van der Waals surface area contributed by atoms with Gasteiger partial charge < -0.3 is 14.5 Å². The summed E-state index contributed by atoms with van der Waals surface area (Å²) in [6, 6.07) is 7.19. The lowest BCUT2D eigenvalue weighted by atomic mass is 10.0. The Morgan fingerprint density at radius 3 is 2.51 bits per heavy atom. The number of rotatable bonds is 6. The number of hydrogen-bond donors (Lipinski definition) is 0. The van der Waals surface area contributed by atoms with Gasteiger partial charge in [0.1, 0.15) is 0 Å². The second-order valence-corrected chi connectivity index (χ2v) is 13.4. The van der Waals surface area contributed by atoms with E-state index in [-0.39, 0.29) is 11.5 Å². The molecule has 0 amide bonds. The number of halogens is 1. The van der Waals surface area contributed by atoms with Gasteiger partial charge in [-0.2, -0.15) is 4.31 Å². The highest BCUT2D eigenvalue weighted by Crippen LogP contribution is 2.34. The summed E-state index contributed by atoms with van der Waals surface area (Å²) in [6.07, 6.45) is 3.43. The van der Waals surface area contributed by atoms with Crippen molar-refractivity contribution in [2.24, 2.45) is 5.92 Å². The summed E-state index contributed by atoms with van der Waals surface area (Å²) in [5.41, 5.74) is 1.61. The van der Waals surface area contributed by atoms with E-state index in [1.165, 1.54) is 4.31 Å². The smallest absolute Gasteiger partial charge is 0.243 e. The van der Waals surface area contributed by atoms with Crippen LogP contribution in [-0.2, 0) is 14.8 Å². The largest absolute Gasteiger partial charge is 0.375 e. The third kappa shape index (κ3) is 5.27. The van der Waals surface area contributed by atoms with Crippen molar-refractivity contribution in [3.8, 4) is 0 Å². The van der Waals surface area contributed by atoms with Crippen molar-refractivity contribution in [3.63, 3.8) is 0 Å². The first kappa shape index (κ1) is 24.7. The molecule has 1 aromatic carbocycles. The van der Waals surface area contributed by atoms with Gasteiger partial charge in [-0.1, -0.05) is 22.9 Å². The third-order valence-corrected chi connectivity index (χ3v) is 9.50. The number of sulfonamides is 1. The van der Waals surface area contributed by atoms with Gasteiger partial charge in [-0.25, -0.2) is 13.4 Å². The number of benzene rings is 1.